The Morgan fingerprint density at radius 3 is 2.79 bits per heavy atom. The van der Waals surface area contributed by atoms with Crippen LogP contribution >= 0.6 is 11.3 Å². The maximum Gasteiger partial charge on any atom is 0.306 e. The van der Waals surface area contributed by atoms with Gasteiger partial charge in [0.1, 0.15) is 0 Å². The first-order valence-corrected chi connectivity index (χ1v) is 6.39. The molecule has 2 rings (SSSR count). The number of aromatic nitrogens is 1. The predicted octanol–water partition coefficient (Wildman–Crippen LogP) is 3.42. The van der Waals surface area contributed by atoms with E-state index in [2.05, 4.69) is 10.3 Å². The van der Waals surface area contributed by atoms with Crippen molar-refractivity contribution in [3.63, 3.8) is 0 Å². The van der Waals surface area contributed by atoms with E-state index in [4.69, 9.17) is 0 Å². The summed E-state index contributed by atoms with van der Waals surface area (Å²) in [4.78, 5) is 15.3. The van der Waals surface area contributed by atoms with Crippen LogP contribution in [0.5, 0.6) is 0 Å². The fourth-order valence-electron chi connectivity index (χ4n) is 1.68. The molecule has 0 atom stereocenters. The summed E-state index contributed by atoms with van der Waals surface area (Å²) in [7, 11) is 0. The van der Waals surface area contributed by atoms with Gasteiger partial charge in [-0.1, -0.05) is 0 Å². The van der Waals surface area contributed by atoms with Gasteiger partial charge < -0.3 is 5.32 Å². The summed E-state index contributed by atoms with van der Waals surface area (Å²) >= 11 is 1.57. The Labute approximate surface area is 113 Å². The summed E-state index contributed by atoms with van der Waals surface area (Å²) < 4.78 is 13.2. The van der Waals surface area contributed by atoms with Crippen LogP contribution in [0, 0.1) is 29.8 Å². The molecule has 1 N–H and O–H groups in total. The van der Waals surface area contributed by atoms with Crippen molar-refractivity contribution < 1.29 is 9.31 Å². The summed E-state index contributed by atoms with van der Waals surface area (Å²) in [6.07, 6.45) is 0. The highest BCUT2D eigenvalue weighted by Gasteiger charge is 2.14. The number of benzene rings is 1. The number of nitrogens with one attached hydrogen (secondary N) is 1. The van der Waals surface area contributed by atoms with Crippen molar-refractivity contribution in [1.29, 1.82) is 0 Å². The molecule has 0 saturated heterocycles. The minimum Gasteiger partial charge on any atom is -0.380 e. The molecule has 1 aromatic heterocycles. The minimum absolute atomic E-state index is 0.513. The SMILES string of the molecule is Cc1nc(C)c(CNc2ccc(F)c([N+](=O)[O-])c2)s1. The molecule has 0 radical (unpaired) electrons. The summed E-state index contributed by atoms with van der Waals surface area (Å²) in [5.74, 6) is -0.833. The Morgan fingerprint density at radius 1 is 1.47 bits per heavy atom. The van der Waals surface area contributed by atoms with E-state index in [1.54, 1.807) is 11.3 Å². The van der Waals surface area contributed by atoms with Crippen molar-refractivity contribution >= 4 is 22.7 Å². The summed E-state index contributed by atoms with van der Waals surface area (Å²) in [5.41, 5.74) is 0.923. The summed E-state index contributed by atoms with van der Waals surface area (Å²) in [6.45, 7) is 4.34. The van der Waals surface area contributed by atoms with Crippen molar-refractivity contribution in [1.82, 2.24) is 4.98 Å². The molecule has 19 heavy (non-hydrogen) atoms. The van der Waals surface area contributed by atoms with Crippen LogP contribution in [0.3, 0.4) is 0 Å². The Morgan fingerprint density at radius 2 is 2.21 bits per heavy atom. The fourth-order valence-corrected chi connectivity index (χ4v) is 2.56. The number of thiazole rings is 1. The molecule has 0 aliphatic rings. The van der Waals surface area contributed by atoms with Gasteiger partial charge in [-0.15, -0.1) is 11.3 Å². The van der Waals surface area contributed by atoms with Crippen LogP contribution < -0.4 is 5.32 Å². The van der Waals surface area contributed by atoms with Gasteiger partial charge in [-0.25, -0.2) is 4.98 Å². The Bertz CT molecular complexity index is 627. The number of aryl methyl sites for hydroxylation is 2. The van der Waals surface area contributed by atoms with Gasteiger partial charge in [0.2, 0.25) is 5.82 Å². The van der Waals surface area contributed by atoms with Gasteiger partial charge >= 0.3 is 5.69 Å². The zero-order valence-corrected chi connectivity index (χ0v) is 11.3. The third kappa shape index (κ3) is 3.05. The highest BCUT2D eigenvalue weighted by atomic mass is 32.1. The van der Waals surface area contributed by atoms with Crippen molar-refractivity contribution in [3.05, 3.63) is 49.7 Å². The normalized spacial score (nSPS) is 10.5. The van der Waals surface area contributed by atoms with E-state index in [1.165, 1.54) is 12.1 Å². The van der Waals surface area contributed by atoms with E-state index in [0.717, 1.165) is 21.6 Å². The van der Waals surface area contributed by atoms with Crippen LogP contribution in [0.15, 0.2) is 18.2 Å². The second-order valence-electron chi connectivity index (χ2n) is 4.02. The van der Waals surface area contributed by atoms with Gasteiger partial charge in [0.15, 0.2) is 0 Å². The van der Waals surface area contributed by atoms with Gasteiger partial charge in [0, 0.05) is 16.6 Å². The number of nitro benzene ring substituents is 1. The topological polar surface area (TPSA) is 68.1 Å². The Balaban J connectivity index is 2.14. The fraction of sp³-hybridized carbons (Fsp3) is 0.250. The van der Waals surface area contributed by atoms with Crippen LogP contribution in [0.4, 0.5) is 15.8 Å². The standard InChI is InChI=1S/C12H12FN3O2S/c1-7-12(19-8(2)15-7)6-14-9-3-4-10(13)11(5-9)16(17)18/h3-5,14H,6H2,1-2H3. The van der Waals surface area contributed by atoms with Crippen molar-refractivity contribution in [2.24, 2.45) is 0 Å². The molecule has 0 fully saturated rings. The van der Waals surface area contributed by atoms with Gasteiger partial charge in [0.05, 0.1) is 22.2 Å². The maximum absolute atomic E-state index is 13.2. The Kier molecular flexibility index (Phi) is 3.75. The molecule has 7 heteroatoms. The number of rotatable bonds is 4. The monoisotopic (exact) mass is 281 g/mol. The molecule has 5 nitrogen and oxygen atoms in total. The zero-order valence-electron chi connectivity index (χ0n) is 10.4. The minimum atomic E-state index is -0.833. The molecule has 0 unspecified atom stereocenters. The van der Waals surface area contributed by atoms with Crippen molar-refractivity contribution in [2.75, 3.05) is 5.32 Å². The molecular formula is C12H12FN3O2S. The molecule has 0 aliphatic heterocycles. The average molecular weight is 281 g/mol. The molecule has 100 valence electrons. The van der Waals surface area contributed by atoms with Crippen LogP contribution in [-0.2, 0) is 6.54 Å². The van der Waals surface area contributed by atoms with Gasteiger partial charge in [-0.2, -0.15) is 4.39 Å². The van der Waals surface area contributed by atoms with E-state index in [-0.39, 0.29) is 0 Å². The third-order valence-electron chi connectivity index (χ3n) is 2.60. The smallest absolute Gasteiger partial charge is 0.306 e. The first kappa shape index (κ1) is 13.4. The first-order chi connectivity index (χ1) is 8.97. The van der Waals surface area contributed by atoms with Crippen molar-refractivity contribution in [2.45, 2.75) is 20.4 Å². The number of hydrogen-bond acceptors (Lipinski definition) is 5. The highest BCUT2D eigenvalue weighted by molar-refractivity contribution is 7.11. The molecular weight excluding hydrogens is 269 g/mol. The number of hydrogen-bond donors (Lipinski definition) is 1. The van der Waals surface area contributed by atoms with Crippen LogP contribution in [0.2, 0.25) is 0 Å². The lowest BCUT2D eigenvalue weighted by atomic mass is 10.2. The van der Waals surface area contributed by atoms with E-state index in [0.29, 0.717) is 12.2 Å². The van der Waals surface area contributed by atoms with Crippen molar-refractivity contribution in [3.8, 4) is 0 Å². The molecule has 1 aromatic carbocycles. The molecule has 0 aliphatic carbocycles. The molecule has 2 aromatic rings. The lowest BCUT2D eigenvalue weighted by molar-refractivity contribution is -0.387. The van der Waals surface area contributed by atoms with Gasteiger partial charge in [-0.05, 0) is 26.0 Å². The van der Waals surface area contributed by atoms with E-state index in [1.807, 2.05) is 13.8 Å². The molecule has 0 spiro atoms. The highest BCUT2D eigenvalue weighted by Crippen LogP contribution is 2.23. The number of nitrogens with zero attached hydrogens (tertiary/aromatic N) is 2. The third-order valence-corrected chi connectivity index (χ3v) is 3.67. The zero-order chi connectivity index (χ0) is 14.0. The van der Waals surface area contributed by atoms with Crippen LogP contribution in [-0.4, -0.2) is 9.91 Å². The number of nitro groups is 1. The summed E-state index contributed by atoms with van der Waals surface area (Å²) in [6, 6.07) is 3.76. The molecule has 0 saturated carbocycles. The molecule has 0 amide bonds. The molecule has 1 heterocycles. The largest absolute Gasteiger partial charge is 0.380 e. The van der Waals surface area contributed by atoms with Gasteiger partial charge in [0.25, 0.3) is 0 Å². The van der Waals surface area contributed by atoms with Gasteiger partial charge in [-0.3, -0.25) is 10.1 Å². The second kappa shape index (κ2) is 5.31. The first-order valence-electron chi connectivity index (χ1n) is 5.58. The number of anilines is 1. The van der Waals surface area contributed by atoms with E-state index >= 15 is 0 Å². The number of halogens is 1. The van der Waals surface area contributed by atoms with E-state index in [9.17, 15) is 14.5 Å². The van der Waals surface area contributed by atoms with E-state index < -0.39 is 16.4 Å². The predicted molar refractivity (Wildman–Crippen MR) is 72.0 cm³/mol. The molecule has 0 bridgehead atoms. The second-order valence-corrected chi connectivity index (χ2v) is 5.31. The quantitative estimate of drug-likeness (QED) is 0.688. The lowest BCUT2D eigenvalue weighted by Crippen LogP contribution is -2.01. The van der Waals surface area contributed by atoms with Crippen LogP contribution in [0.25, 0.3) is 0 Å². The Hall–Kier alpha value is -2.02. The summed E-state index contributed by atoms with van der Waals surface area (Å²) in [5, 5.41) is 14.6. The maximum atomic E-state index is 13.2. The van der Waals surface area contributed by atoms with Crippen LogP contribution in [0.1, 0.15) is 15.6 Å². The average Bonchev–Trinajstić information content (AvgIpc) is 2.66. The lowest BCUT2D eigenvalue weighted by Gasteiger charge is -2.05.